The van der Waals surface area contributed by atoms with Crippen LogP contribution in [-0.4, -0.2) is 0 Å². The van der Waals surface area contributed by atoms with Gasteiger partial charge >= 0.3 is 0 Å². The van der Waals surface area contributed by atoms with Crippen LogP contribution in [0.4, 0.5) is 5.69 Å². The van der Waals surface area contributed by atoms with Crippen LogP contribution in [0.3, 0.4) is 0 Å². The van der Waals surface area contributed by atoms with Crippen molar-refractivity contribution in [3.05, 3.63) is 26.6 Å². The van der Waals surface area contributed by atoms with Crippen LogP contribution < -0.4 is 5.73 Å². The number of hydrogen-bond donors (Lipinski definition) is 1. The van der Waals surface area contributed by atoms with Crippen molar-refractivity contribution in [1.29, 1.82) is 0 Å². The van der Waals surface area contributed by atoms with E-state index in [0.717, 1.165) is 5.69 Å². The molecule has 3 heteroatoms. The van der Waals surface area contributed by atoms with E-state index >= 15 is 0 Å². The van der Waals surface area contributed by atoms with E-state index in [1.165, 1.54) is 18.5 Å². The third-order valence-corrected chi connectivity index (χ3v) is 3.72. The molecule has 0 bridgehead atoms. The van der Waals surface area contributed by atoms with Crippen molar-refractivity contribution in [3.8, 4) is 0 Å². The molecule has 0 aliphatic rings. The molecule has 0 saturated carbocycles. The van der Waals surface area contributed by atoms with Crippen LogP contribution in [0.1, 0.15) is 5.56 Å². The first-order valence-corrected chi connectivity index (χ1v) is 5.51. The summed E-state index contributed by atoms with van der Waals surface area (Å²) in [5.41, 5.74) is 8.01. The van der Waals surface area contributed by atoms with E-state index in [4.69, 9.17) is 5.73 Å². The van der Waals surface area contributed by atoms with Crippen LogP contribution in [-0.2, 0) is 0 Å². The minimum Gasteiger partial charge on any atom is -0.398 e. The zero-order chi connectivity index (χ0) is 8.72. The van der Waals surface area contributed by atoms with E-state index in [1.807, 2.05) is 6.07 Å². The molecular formula is C9H8INS. The maximum absolute atomic E-state index is 5.88. The fraction of sp³-hybridized carbons (Fsp3) is 0.111. The number of halogens is 1. The van der Waals surface area contributed by atoms with E-state index in [9.17, 15) is 0 Å². The minimum absolute atomic E-state index is 0.901. The van der Waals surface area contributed by atoms with E-state index in [1.54, 1.807) is 11.3 Å². The van der Waals surface area contributed by atoms with Gasteiger partial charge in [0.1, 0.15) is 0 Å². The summed E-state index contributed by atoms with van der Waals surface area (Å²) in [4.78, 5) is 0. The molecule has 0 aliphatic heterocycles. The van der Waals surface area contributed by atoms with E-state index < -0.39 is 0 Å². The predicted octanol–water partition coefficient (Wildman–Crippen LogP) is 3.40. The number of hydrogen-bond acceptors (Lipinski definition) is 2. The zero-order valence-corrected chi connectivity index (χ0v) is 9.57. The highest BCUT2D eigenvalue weighted by Crippen LogP contribution is 2.32. The van der Waals surface area contributed by atoms with Gasteiger partial charge in [-0.2, -0.15) is 0 Å². The SMILES string of the molecule is Cc1cc(N)c2sc(I)cc2c1. The first kappa shape index (κ1) is 8.31. The lowest BCUT2D eigenvalue weighted by molar-refractivity contribution is 1.51. The van der Waals surface area contributed by atoms with Gasteiger partial charge in [0.05, 0.1) is 7.58 Å². The Morgan fingerprint density at radius 2 is 2.08 bits per heavy atom. The van der Waals surface area contributed by atoms with Crippen molar-refractivity contribution in [2.24, 2.45) is 0 Å². The van der Waals surface area contributed by atoms with Gasteiger partial charge in [-0.15, -0.1) is 11.3 Å². The van der Waals surface area contributed by atoms with Gasteiger partial charge in [0.2, 0.25) is 0 Å². The maximum atomic E-state index is 5.88. The van der Waals surface area contributed by atoms with Crippen LogP contribution in [0.2, 0.25) is 0 Å². The highest BCUT2D eigenvalue weighted by molar-refractivity contribution is 14.1. The van der Waals surface area contributed by atoms with E-state index in [2.05, 4.69) is 41.6 Å². The molecule has 12 heavy (non-hydrogen) atoms. The number of nitrogens with two attached hydrogens (primary N) is 1. The molecule has 0 fully saturated rings. The van der Waals surface area contributed by atoms with Crippen LogP contribution in [0, 0.1) is 9.81 Å². The number of thiophene rings is 1. The fourth-order valence-electron chi connectivity index (χ4n) is 1.30. The summed E-state index contributed by atoms with van der Waals surface area (Å²) in [5, 5.41) is 1.27. The van der Waals surface area contributed by atoms with E-state index in [0.29, 0.717) is 0 Å². The molecule has 1 nitrogen and oxygen atoms in total. The normalized spacial score (nSPS) is 10.8. The molecule has 0 amide bonds. The highest BCUT2D eigenvalue weighted by atomic mass is 127. The maximum Gasteiger partial charge on any atom is 0.0666 e. The predicted molar refractivity (Wildman–Crippen MR) is 63.7 cm³/mol. The number of fused-ring (bicyclic) bond motifs is 1. The molecule has 62 valence electrons. The van der Waals surface area contributed by atoms with Gasteiger partial charge < -0.3 is 5.73 Å². The Kier molecular flexibility index (Phi) is 2.00. The second-order valence-corrected chi connectivity index (χ2v) is 5.77. The standard InChI is InChI=1S/C9H8INS/c1-5-2-6-4-8(10)12-9(6)7(11)3-5/h2-4H,11H2,1H3. The smallest absolute Gasteiger partial charge is 0.0666 e. The summed E-state index contributed by atoms with van der Waals surface area (Å²) >= 11 is 4.07. The molecule has 0 radical (unpaired) electrons. The lowest BCUT2D eigenvalue weighted by atomic mass is 10.2. The van der Waals surface area contributed by atoms with Crippen molar-refractivity contribution in [3.63, 3.8) is 0 Å². The van der Waals surface area contributed by atoms with E-state index in [-0.39, 0.29) is 0 Å². The van der Waals surface area contributed by atoms with Gasteiger partial charge in [-0.3, -0.25) is 0 Å². The number of benzene rings is 1. The Morgan fingerprint density at radius 1 is 1.33 bits per heavy atom. The van der Waals surface area contributed by atoms with Gasteiger partial charge in [-0.25, -0.2) is 0 Å². The quantitative estimate of drug-likeness (QED) is 0.584. The molecule has 0 aliphatic carbocycles. The van der Waals surface area contributed by atoms with Crippen molar-refractivity contribution in [1.82, 2.24) is 0 Å². The number of aryl methyl sites for hydroxylation is 1. The van der Waals surface area contributed by atoms with Gasteiger partial charge in [0.25, 0.3) is 0 Å². The largest absolute Gasteiger partial charge is 0.398 e. The third-order valence-electron chi connectivity index (χ3n) is 1.76. The first-order chi connectivity index (χ1) is 5.66. The molecule has 0 atom stereocenters. The first-order valence-electron chi connectivity index (χ1n) is 3.62. The molecule has 1 aromatic carbocycles. The summed E-state index contributed by atoms with van der Waals surface area (Å²) in [5.74, 6) is 0. The molecule has 2 aromatic rings. The fourth-order valence-corrected chi connectivity index (χ4v) is 3.09. The monoisotopic (exact) mass is 289 g/mol. The average molecular weight is 289 g/mol. The average Bonchev–Trinajstić information content (AvgIpc) is 2.29. The van der Waals surface area contributed by atoms with Gasteiger partial charge in [0, 0.05) is 5.69 Å². The van der Waals surface area contributed by atoms with Crippen LogP contribution in [0.25, 0.3) is 10.1 Å². The van der Waals surface area contributed by atoms with Gasteiger partial charge in [-0.1, -0.05) is 6.07 Å². The van der Waals surface area contributed by atoms with Crippen molar-refractivity contribution in [2.45, 2.75) is 6.92 Å². The number of anilines is 1. The second kappa shape index (κ2) is 2.88. The Morgan fingerprint density at radius 3 is 2.83 bits per heavy atom. The third kappa shape index (κ3) is 1.31. The Labute approximate surface area is 88.7 Å². The summed E-state index contributed by atoms with van der Waals surface area (Å²) in [6.07, 6.45) is 0. The molecule has 0 spiro atoms. The van der Waals surface area contributed by atoms with Crippen LogP contribution >= 0.6 is 33.9 Å². The Hall–Kier alpha value is -0.290. The number of rotatable bonds is 0. The molecule has 2 N–H and O–H groups in total. The lowest BCUT2D eigenvalue weighted by Crippen LogP contribution is -1.84. The highest BCUT2D eigenvalue weighted by Gasteiger charge is 2.02. The van der Waals surface area contributed by atoms with Gasteiger partial charge in [0.15, 0.2) is 0 Å². The van der Waals surface area contributed by atoms with Gasteiger partial charge in [-0.05, 0) is 52.6 Å². The summed E-state index contributed by atoms with van der Waals surface area (Å²) in [6.45, 7) is 2.07. The summed E-state index contributed by atoms with van der Waals surface area (Å²) < 4.78 is 2.50. The van der Waals surface area contributed by atoms with Crippen LogP contribution in [0.5, 0.6) is 0 Å². The Balaban J connectivity index is 2.88. The topological polar surface area (TPSA) is 26.0 Å². The molecular weight excluding hydrogens is 281 g/mol. The van der Waals surface area contributed by atoms with Crippen LogP contribution in [0.15, 0.2) is 18.2 Å². The van der Waals surface area contributed by atoms with Crippen molar-refractivity contribution >= 4 is 49.7 Å². The van der Waals surface area contributed by atoms with Crippen molar-refractivity contribution < 1.29 is 0 Å². The van der Waals surface area contributed by atoms with Crippen molar-refractivity contribution in [2.75, 3.05) is 5.73 Å². The number of nitrogen functional groups attached to an aromatic ring is 1. The molecule has 1 heterocycles. The lowest BCUT2D eigenvalue weighted by Gasteiger charge is -1.97. The molecule has 0 saturated heterocycles. The molecule has 0 unspecified atom stereocenters. The molecule has 2 rings (SSSR count). The Bertz CT molecular complexity index is 433. The minimum atomic E-state index is 0.901. The summed E-state index contributed by atoms with van der Waals surface area (Å²) in [6, 6.07) is 6.36. The summed E-state index contributed by atoms with van der Waals surface area (Å²) in [7, 11) is 0. The molecule has 1 aromatic heterocycles. The second-order valence-electron chi connectivity index (χ2n) is 2.82. The zero-order valence-electron chi connectivity index (χ0n) is 6.60.